The fourth-order valence-electron chi connectivity index (χ4n) is 4.28. The zero-order valence-corrected chi connectivity index (χ0v) is 18.8. The highest BCUT2D eigenvalue weighted by Crippen LogP contribution is 2.58. The predicted octanol–water partition coefficient (Wildman–Crippen LogP) is 6.35. The van der Waals surface area contributed by atoms with Crippen molar-refractivity contribution in [2.75, 3.05) is 6.61 Å². The number of hydrogen-bond donors (Lipinski definition) is 0. The first-order valence-corrected chi connectivity index (χ1v) is 10.6. The normalized spacial score (nSPS) is 25.5. The van der Waals surface area contributed by atoms with Crippen molar-refractivity contribution in [2.24, 2.45) is 5.41 Å². The molecule has 37 heavy (non-hydrogen) atoms. The molecule has 0 N–H and O–H groups in total. The Morgan fingerprint density at radius 3 is 2.19 bits per heavy atom. The maximum atomic E-state index is 13.8. The van der Waals surface area contributed by atoms with Crippen LogP contribution in [0.5, 0.6) is 0 Å². The van der Waals surface area contributed by atoms with Gasteiger partial charge in [-0.15, -0.1) is 0 Å². The molecule has 1 saturated heterocycles. The Bertz CT molecular complexity index is 946. The molecular weight excluding hydrogens is 544 g/mol. The maximum absolute atomic E-state index is 13.8. The van der Waals surface area contributed by atoms with Crippen molar-refractivity contribution in [3.8, 4) is 0 Å². The summed E-state index contributed by atoms with van der Waals surface area (Å²) in [6, 6.07) is 0. The topological polar surface area (TPSA) is 52.6 Å². The number of esters is 2. The van der Waals surface area contributed by atoms with E-state index in [1.54, 1.807) is 13.0 Å². The molecule has 0 radical (unpaired) electrons. The third-order valence-corrected chi connectivity index (χ3v) is 6.28. The van der Waals surface area contributed by atoms with Crippen molar-refractivity contribution < 1.29 is 71.7 Å². The van der Waals surface area contributed by atoms with Crippen LogP contribution in [0.15, 0.2) is 24.3 Å². The van der Waals surface area contributed by atoms with Gasteiger partial charge in [0.2, 0.25) is 0 Å². The second-order valence-electron chi connectivity index (χ2n) is 8.71. The van der Waals surface area contributed by atoms with E-state index in [2.05, 4.69) is 4.74 Å². The van der Waals surface area contributed by atoms with Gasteiger partial charge in [-0.2, -0.15) is 43.9 Å². The number of fused-ring (bicyclic) bond motifs is 1. The predicted molar refractivity (Wildman–Crippen MR) is 100.0 cm³/mol. The number of ether oxygens (including phenoxy) is 2. The molecule has 212 valence electrons. The van der Waals surface area contributed by atoms with E-state index in [1.807, 2.05) is 0 Å². The molecule has 2 aliphatic rings. The molecule has 0 aromatic carbocycles. The second kappa shape index (κ2) is 9.71. The molecule has 1 heterocycles. The van der Waals surface area contributed by atoms with Crippen LogP contribution in [0.25, 0.3) is 0 Å². The van der Waals surface area contributed by atoms with Crippen LogP contribution in [-0.2, 0) is 19.1 Å². The minimum Gasteiger partial charge on any atom is -0.456 e. The monoisotopic (exact) mass is 564 g/mol. The summed E-state index contributed by atoms with van der Waals surface area (Å²) in [5.41, 5.74) is -2.41. The summed E-state index contributed by atoms with van der Waals surface area (Å²) in [5.74, 6) is -38.8. The molecule has 4 nitrogen and oxygen atoms in total. The Kier molecular flexibility index (Phi) is 8.09. The van der Waals surface area contributed by atoms with Crippen LogP contribution in [0.1, 0.15) is 39.0 Å². The fourth-order valence-corrected chi connectivity index (χ4v) is 4.28. The second-order valence-corrected chi connectivity index (χ2v) is 8.71. The highest BCUT2D eigenvalue weighted by molar-refractivity contribution is 5.83. The molecule has 1 aliphatic heterocycles. The molecule has 1 aliphatic carbocycles. The summed E-state index contributed by atoms with van der Waals surface area (Å²) < 4.78 is 168. The molecule has 0 bridgehead atoms. The highest BCUT2D eigenvalue weighted by atomic mass is 19.4. The van der Waals surface area contributed by atoms with Gasteiger partial charge in [-0.3, -0.25) is 4.79 Å². The molecule has 0 unspecified atom stereocenters. The SMILES string of the molecule is CCC[C@@]12CCC=C[C@]1(/C=C/C(=O)OCC(F)(F)C(F)(F)C(F)(F)C(F)(F)C(F)(F)C(F)F)OC(=O)C2. The van der Waals surface area contributed by atoms with Crippen molar-refractivity contribution in [1.82, 2.24) is 0 Å². The van der Waals surface area contributed by atoms with E-state index in [-0.39, 0.29) is 6.42 Å². The number of carbonyl (C=O) groups excluding carboxylic acids is 2. The fraction of sp³-hybridized carbons (Fsp3) is 0.714. The Morgan fingerprint density at radius 2 is 1.65 bits per heavy atom. The van der Waals surface area contributed by atoms with Gasteiger partial charge < -0.3 is 9.47 Å². The molecule has 0 amide bonds. The van der Waals surface area contributed by atoms with Gasteiger partial charge in [-0.1, -0.05) is 19.4 Å². The summed E-state index contributed by atoms with van der Waals surface area (Å²) in [4.78, 5) is 23.9. The first-order valence-electron chi connectivity index (χ1n) is 10.6. The number of alkyl halides is 12. The number of hydrogen-bond acceptors (Lipinski definition) is 4. The number of carbonyl (C=O) groups is 2. The number of halogens is 12. The van der Waals surface area contributed by atoms with Gasteiger partial charge >= 0.3 is 48.0 Å². The van der Waals surface area contributed by atoms with Crippen LogP contribution >= 0.6 is 0 Å². The van der Waals surface area contributed by atoms with Gasteiger partial charge in [-0.05, 0) is 31.4 Å². The van der Waals surface area contributed by atoms with Crippen LogP contribution in [-0.4, -0.2) is 60.2 Å². The van der Waals surface area contributed by atoms with E-state index in [0.29, 0.717) is 31.8 Å². The summed E-state index contributed by atoms with van der Waals surface area (Å²) in [6.45, 7) is -1.24. The van der Waals surface area contributed by atoms with Crippen LogP contribution in [0.2, 0.25) is 0 Å². The van der Waals surface area contributed by atoms with E-state index < -0.39 is 65.6 Å². The van der Waals surface area contributed by atoms with Crippen molar-refractivity contribution in [2.45, 2.75) is 80.7 Å². The van der Waals surface area contributed by atoms with E-state index in [4.69, 9.17) is 4.74 Å². The minimum absolute atomic E-state index is 0.0819. The zero-order valence-electron chi connectivity index (χ0n) is 18.8. The van der Waals surface area contributed by atoms with Crippen molar-refractivity contribution >= 4 is 11.9 Å². The van der Waals surface area contributed by atoms with Gasteiger partial charge in [0.05, 0.1) is 6.42 Å². The first kappa shape index (κ1) is 30.8. The molecule has 1 fully saturated rings. The molecule has 2 atom stereocenters. The molecule has 2 rings (SSSR count). The highest BCUT2D eigenvalue weighted by Gasteiger charge is 2.87. The summed E-state index contributed by atoms with van der Waals surface area (Å²) in [5, 5.41) is 0. The van der Waals surface area contributed by atoms with E-state index in [1.165, 1.54) is 6.08 Å². The molecule has 0 aromatic rings. The van der Waals surface area contributed by atoms with Gasteiger partial charge in [0, 0.05) is 11.5 Å². The van der Waals surface area contributed by atoms with Crippen LogP contribution in [0.3, 0.4) is 0 Å². The number of rotatable bonds is 11. The lowest BCUT2D eigenvalue weighted by Gasteiger charge is -2.42. The Hall–Kier alpha value is -2.42. The Balaban J connectivity index is 2.24. The van der Waals surface area contributed by atoms with Crippen LogP contribution < -0.4 is 0 Å². The average molecular weight is 564 g/mol. The quantitative estimate of drug-likeness (QED) is 0.127. The van der Waals surface area contributed by atoms with Crippen molar-refractivity contribution in [1.29, 1.82) is 0 Å². The van der Waals surface area contributed by atoms with E-state index in [9.17, 15) is 62.3 Å². The summed E-state index contributed by atoms with van der Waals surface area (Å²) >= 11 is 0. The van der Waals surface area contributed by atoms with E-state index in [0.717, 1.165) is 6.08 Å². The maximum Gasteiger partial charge on any atom is 0.384 e. The zero-order chi connectivity index (χ0) is 28.7. The van der Waals surface area contributed by atoms with Gasteiger partial charge in [0.25, 0.3) is 0 Å². The van der Waals surface area contributed by atoms with Gasteiger partial charge in [0.15, 0.2) is 12.2 Å². The standard InChI is InChI=1S/C21H20F12O4/c1-2-6-15-7-3-4-8-16(15,37-13(35)10-15)9-5-12(34)36-11-17(24,25)19(28,29)21(32,33)20(30,31)18(26,27)14(22)23/h4-5,8-9,14H,2-3,6-7,10-11H2,1H3/b9-5+/t15-,16+/m0/s1. The lowest BCUT2D eigenvalue weighted by molar-refractivity contribution is -0.414. The molecular formula is C21H20F12O4. The lowest BCUT2D eigenvalue weighted by Crippen LogP contribution is -2.69. The van der Waals surface area contributed by atoms with Crippen LogP contribution in [0.4, 0.5) is 52.7 Å². The molecule has 0 spiro atoms. The minimum atomic E-state index is -7.71. The van der Waals surface area contributed by atoms with Gasteiger partial charge in [-0.25, -0.2) is 13.6 Å². The first-order chi connectivity index (χ1) is 16.7. The van der Waals surface area contributed by atoms with Gasteiger partial charge in [0.1, 0.15) is 0 Å². The third-order valence-electron chi connectivity index (χ3n) is 6.28. The molecule has 0 aromatic heterocycles. The summed E-state index contributed by atoms with van der Waals surface area (Å²) in [6.07, 6.45) is 0.400. The van der Waals surface area contributed by atoms with Crippen molar-refractivity contribution in [3.63, 3.8) is 0 Å². The Labute approximate surface area is 201 Å². The molecule has 0 saturated carbocycles. The summed E-state index contributed by atoms with van der Waals surface area (Å²) in [7, 11) is 0. The largest absolute Gasteiger partial charge is 0.456 e. The average Bonchev–Trinajstić information content (AvgIpc) is 3.07. The van der Waals surface area contributed by atoms with Crippen molar-refractivity contribution in [3.05, 3.63) is 24.3 Å². The van der Waals surface area contributed by atoms with E-state index >= 15 is 0 Å². The lowest BCUT2D eigenvalue weighted by atomic mass is 9.63. The van der Waals surface area contributed by atoms with Crippen LogP contribution in [0, 0.1) is 5.41 Å². The smallest absolute Gasteiger partial charge is 0.384 e. The molecule has 16 heteroatoms. The third kappa shape index (κ3) is 4.79. The number of allylic oxidation sites excluding steroid dienone is 1. The Morgan fingerprint density at radius 1 is 1.05 bits per heavy atom.